The zero-order chi connectivity index (χ0) is 13.7. The lowest BCUT2D eigenvalue weighted by Crippen LogP contribution is -2.25. The summed E-state index contributed by atoms with van der Waals surface area (Å²) in [4.78, 5) is 3.91. The van der Waals surface area contributed by atoms with Gasteiger partial charge in [0.1, 0.15) is 6.26 Å². The van der Waals surface area contributed by atoms with E-state index >= 15 is 0 Å². The van der Waals surface area contributed by atoms with Gasteiger partial charge in [0.15, 0.2) is 5.03 Å². The van der Waals surface area contributed by atoms with Crippen molar-refractivity contribution in [2.24, 2.45) is 0 Å². The second-order valence-electron chi connectivity index (χ2n) is 3.70. The maximum Gasteiger partial charge on any atom is 0.260 e. The predicted molar refractivity (Wildman–Crippen MR) is 68.9 cm³/mol. The molecule has 0 spiro atoms. The molecule has 0 radical (unpaired) electrons. The molecule has 2 heterocycles. The van der Waals surface area contributed by atoms with Gasteiger partial charge in [-0.25, -0.2) is 18.1 Å². The van der Waals surface area contributed by atoms with E-state index in [2.05, 4.69) is 24.7 Å². The summed E-state index contributed by atoms with van der Waals surface area (Å²) in [6, 6.07) is 4.93. The van der Waals surface area contributed by atoms with Gasteiger partial charge in [0, 0.05) is 18.8 Å². The average Bonchev–Trinajstić information content (AvgIpc) is 2.91. The summed E-state index contributed by atoms with van der Waals surface area (Å²) in [6.45, 7) is 2.55. The van der Waals surface area contributed by atoms with Crippen LogP contribution in [0, 0.1) is 0 Å². The Balaban J connectivity index is 2.19. The molecule has 0 aliphatic heterocycles. The Bertz CT molecular complexity index is 625. The molecule has 2 rings (SSSR count). The fourth-order valence-electron chi connectivity index (χ4n) is 1.50. The number of anilines is 1. The van der Waals surface area contributed by atoms with Crippen molar-refractivity contribution >= 4 is 15.7 Å². The van der Waals surface area contributed by atoms with Gasteiger partial charge in [-0.15, -0.1) is 0 Å². The first-order valence-corrected chi connectivity index (χ1v) is 7.19. The van der Waals surface area contributed by atoms with E-state index in [0.717, 1.165) is 0 Å². The van der Waals surface area contributed by atoms with Crippen LogP contribution in [-0.4, -0.2) is 25.1 Å². The summed E-state index contributed by atoms with van der Waals surface area (Å²) in [5.74, 6) is 0. The topological polar surface area (TPSA) is 97.1 Å². The minimum atomic E-state index is -3.69. The third kappa shape index (κ3) is 3.30. The molecular formula is C11H14N4O3S. The maximum absolute atomic E-state index is 12.2. The van der Waals surface area contributed by atoms with Crippen LogP contribution >= 0.6 is 0 Å². The lowest BCUT2D eigenvalue weighted by atomic mass is 10.4. The van der Waals surface area contributed by atoms with Crippen LogP contribution in [0.15, 0.2) is 40.2 Å². The van der Waals surface area contributed by atoms with Gasteiger partial charge in [0.2, 0.25) is 0 Å². The summed E-state index contributed by atoms with van der Waals surface area (Å²) in [7, 11) is -3.69. The normalized spacial score (nSPS) is 11.4. The Kier molecular flexibility index (Phi) is 4.13. The molecule has 2 aromatic heterocycles. The molecule has 0 aliphatic carbocycles. The molecule has 0 aromatic carbocycles. The molecular weight excluding hydrogens is 268 g/mol. The summed E-state index contributed by atoms with van der Waals surface area (Å²) < 4.78 is 31.4. The lowest BCUT2D eigenvalue weighted by molar-refractivity contribution is 0.411. The van der Waals surface area contributed by atoms with Crippen molar-refractivity contribution in [1.29, 1.82) is 0 Å². The van der Waals surface area contributed by atoms with Crippen LogP contribution in [-0.2, 0) is 16.6 Å². The zero-order valence-electron chi connectivity index (χ0n) is 10.3. The van der Waals surface area contributed by atoms with Gasteiger partial charge in [-0.2, -0.15) is 0 Å². The number of aromatic nitrogens is 2. The molecule has 0 fully saturated rings. The number of nitrogens with one attached hydrogen (secondary N) is 2. The molecule has 0 amide bonds. The van der Waals surface area contributed by atoms with E-state index in [-0.39, 0.29) is 11.6 Å². The van der Waals surface area contributed by atoms with Crippen molar-refractivity contribution in [3.63, 3.8) is 0 Å². The predicted octanol–water partition coefficient (Wildman–Crippen LogP) is 0.980. The molecule has 0 saturated heterocycles. The summed E-state index contributed by atoms with van der Waals surface area (Å²) >= 11 is 0. The first-order chi connectivity index (χ1) is 9.13. The van der Waals surface area contributed by atoms with Crippen molar-refractivity contribution in [2.75, 3.05) is 11.9 Å². The van der Waals surface area contributed by atoms with Crippen LogP contribution < -0.4 is 10.0 Å². The molecule has 7 nitrogen and oxygen atoms in total. The Morgan fingerprint density at radius 3 is 2.89 bits per heavy atom. The number of sulfonamides is 1. The third-order valence-corrected chi connectivity index (χ3v) is 3.69. The van der Waals surface area contributed by atoms with Crippen LogP contribution in [0.1, 0.15) is 12.6 Å². The van der Waals surface area contributed by atoms with E-state index < -0.39 is 10.0 Å². The zero-order valence-corrected chi connectivity index (χ0v) is 11.1. The van der Waals surface area contributed by atoms with E-state index in [9.17, 15) is 8.42 Å². The van der Waals surface area contributed by atoms with Crippen molar-refractivity contribution in [1.82, 2.24) is 14.9 Å². The monoisotopic (exact) mass is 282 g/mol. The maximum atomic E-state index is 12.2. The SMILES string of the molecule is CCNc1cccnc1S(=O)(=O)NCc1ccon1. The quantitative estimate of drug-likeness (QED) is 0.819. The van der Waals surface area contributed by atoms with Gasteiger partial charge in [-0.05, 0) is 19.1 Å². The van der Waals surface area contributed by atoms with E-state index in [4.69, 9.17) is 0 Å². The number of nitrogens with zero attached hydrogens (tertiary/aromatic N) is 2. The van der Waals surface area contributed by atoms with E-state index in [1.165, 1.54) is 12.5 Å². The second kappa shape index (κ2) is 5.81. The molecule has 0 atom stereocenters. The third-order valence-electron chi connectivity index (χ3n) is 2.33. The van der Waals surface area contributed by atoms with Crippen LogP contribution in [0.4, 0.5) is 5.69 Å². The van der Waals surface area contributed by atoms with Gasteiger partial charge in [0.25, 0.3) is 10.0 Å². The highest BCUT2D eigenvalue weighted by Crippen LogP contribution is 2.17. The smallest absolute Gasteiger partial charge is 0.260 e. The Hall–Kier alpha value is -1.93. The van der Waals surface area contributed by atoms with Gasteiger partial charge < -0.3 is 9.84 Å². The number of pyridine rings is 1. The highest BCUT2D eigenvalue weighted by Gasteiger charge is 2.19. The van der Waals surface area contributed by atoms with Gasteiger partial charge in [0.05, 0.1) is 17.9 Å². The van der Waals surface area contributed by atoms with E-state index in [1.807, 2.05) is 6.92 Å². The molecule has 0 saturated carbocycles. The molecule has 102 valence electrons. The Morgan fingerprint density at radius 1 is 1.37 bits per heavy atom. The number of hydrogen-bond acceptors (Lipinski definition) is 6. The average molecular weight is 282 g/mol. The number of rotatable bonds is 6. The standard InChI is InChI=1S/C11H14N4O3S/c1-2-12-10-4-3-6-13-11(10)19(16,17)14-8-9-5-7-18-15-9/h3-7,12,14H,2,8H2,1H3. The molecule has 8 heteroatoms. The van der Waals surface area contributed by atoms with Crippen molar-refractivity contribution in [2.45, 2.75) is 18.5 Å². The largest absolute Gasteiger partial charge is 0.383 e. The Morgan fingerprint density at radius 2 is 2.21 bits per heavy atom. The van der Waals surface area contributed by atoms with Gasteiger partial charge in [-0.1, -0.05) is 5.16 Å². The van der Waals surface area contributed by atoms with Crippen LogP contribution in [0.5, 0.6) is 0 Å². The first-order valence-electron chi connectivity index (χ1n) is 5.71. The first kappa shape index (κ1) is 13.5. The van der Waals surface area contributed by atoms with Gasteiger partial charge in [-0.3, -0.25) is 0 Å². The summed E-state index contributed by atoms with van der Waals surface area (Å²) in [6.07, 6.45) is 2.82. The van der Waals surface area contributed by atoms with E-state index in [1.54, 1.807) is 18.2 Å². The Labute approximate surface area is 111 Å². The highest BCUT2D eigenvalue weighted by molar-refractivity contribution is 7.89. The van der Waals surface area contributed by atoms with E-state index in [0.29, 0.717) is 17.9 Å². The highest BCUT2D eigenvalue weighted by atomic mass is 32.2. The van der Waals surface area contributed by atoms with Crippen LogP contribution in [0.3, 0.4) is 0 Å². The fraction of sp³-hybridized carbons (Fsp3) is 0.273. The van der Waals surface area contributed by atoms with Crippen molar-refractivity contribution in [3.05, 3.63) is 36.4 Å². The minimum absolute atomic E-state index is 0.0275. The molecule has 0 unspecified atom stereocenters. The summed E-state index contributed by atoms with van der Waals surface area (Å²) in [5.41, 5.74) is 0.974. The van der Waals surface area contributed by atoms with Gasteiger partial charge >= 0.3 is 0 Å². The van der Waals surface area contributed by atoms with Crippen LogP contribution in [0.25, 0.3) is 0 Å². The molecule has 0 bridgehead atoms. The summed E-state index contributed by atoms with van der Waals surface area (Å²) in [5, 5.41) is 6.57. The second-order valence-corrected chi connectivity index (χ2v) is 5.38. The number of hydrogen-bond donors (Lipinski definition) is 2. The van der Waals surface area contributed by atoms with Crippen molar-refractivity contribution in [3.8, 4) is 0 Å². The minimum Gasteiger partial charge on any atom is -0.383 e. The molecule has 2 N–H and O–H groups in total. The fourth-order valence-corrected chi connectivity index (χ4v) is 2.60. The molecule has 19 heavy (non-hydrogen) atoms. The molecule has 2 aromatic rings. The lowest BCUT2D eigenvalue weighted by Gasteiger charge is -2.10. The van der Waals surface area contributed by atoms with Crippen molar-refractivity contribution < 1.29 is 12.9 Å². The molecule has 0 aliphatic rings. The van der Waals surface area contributed by atoms with Crippen LogP contribution in [0.2, 0.25) is 0 Å².